The molecule has 24 heavy (non-hydrogen) atoms. The van der Waals surface area contributed by atoms with Crippen molar-refractivity contribution in [3.05, 3.63) is 59.4 Å². The molecule has 0 bridgehead atoms. The molecule has 2 aromatic rings. The van der Waals surface area contributed by atoms with Crippen molar-refractivity contribution in [3.63, 3.8) is 0 Å². The molecule has 0 aliphatic carbocycles. The molecule has 0 aliphatic heterocycles. The van der Waals surface area contributed by atoms with Crippen LogP contribution < -0.4 is 10.0 Å². The van der Waals surface area contributed by atoms with Crippen molar-refractivity contribution in [3.8, 4) is 0 Å². The Morgan fingerprint density at radius 3 is 2.46 bits per heavy atom. The molecule has 0 aromatic heterocycles. The molecular weight excluding hydrogens is 337 g/mol. The monoisotopic (exact) mass is 354 g/mol. The lowest BCUT2D eigenvalue weighted by molar-refractivity contribution is 0.102. The number of nitrogens with one attached hydrogen (secondary N) is 2. The molecule has 7 heteroatoms. The highest BCUT2D eigenvalue weighted by Gasteiger charge is 2.14. The Labute approximate surface area is 142 Å². The maximum Gasteiger partial charge on any atom is 0.258 e. The first-order valence-corrected chi connectivity index (χ1v) is 8.20. The van der Waals surface area contributed by atoms with E-state index in [2.05, 4.69) is 10.0 Å². The van der Waals surface area contributed by atoms with Crippen LogP contribution in [0.15, 0.2) is 41.3 Å². The lowest BCUT2D eigenvalue weighted by atomic mass is 10.2. The van der Waals surface area contributed by atoms with Gasteiger partial charge in [0.1, 0.15) is 5.82 Å². The first-order valence-electron chi connectivity index (χ1n) is 7.39. The second-order valence-electron chi connectivity index (χ2n) is 5.25. The molecule has 1 unspecified atom stereocenters. The molecule has 128 valence electrons. The Morgan fingerprint density at radius 1 is 1.08 bits per heavy atom. The van der Waals surface area contributed by atoms with E-state index in [-0.39, 0.29) is 17.3 Å². The van der Waals surface area contributed by atoms with Crippen molar-refractivity contribution < 1.29 is 18.0 Å². The van der Waals surface area contributed by atoms with Gasteiger partial charge in [-0.15, -0.1) is 0 Å². The topological polar surface area (TPSA) is 41.1 Å². The van der Waals surface area contributed by atoms with Crippen LogP contribution in [-0.4, -0.2) is 11.9 Å². The normalized spacial score (nSPS) is 12.0. The number of halogens is 3. The van der Waals surface area contributed by atoms with Crippen molar-refractivity contribution in [2.45, 2.75) is 31.2 Å². The summed E-state index contributed by atoms with van der Waals surface area (Å²) < 4.78 is 43.1. The lowest BCUT2D eigenvalue weighted by Gasteiger charge is -2.11. The fourth-order valence-corrected chi connectivity index (χ4v) is 2.58. The number of hydrogen-bond donors (Lipinski definition) is 2. The Morgan fingerprint density at radius 2 is 1.79 bits per heavy atom. The molecule has 2 aromatic carbocycles. The number of amides is 1. The lowest BCUT2D eigenvalue weighted by Crippen LogP contribution is -2.18. The highest BCUT2D eigenvalue weighted by molar-refractivity contribution is 7.97. The van der Waals surface area contributed by atoms with Crippen LogP contribution in [0.3, 0.4) is 0 Å². The maximum atomic E-state index is 13.9. The molecule has 2 rings (SSSR count). The van der Waals surface area contributed by atoms with E-state index in [0.717, 1.165) is 18.6 Å². The molecule has 2 N–H and O–H groups in total. The van der Waals surface area contributed by atoms with Gasteiger partial charge in [0.15, 0.2) is 11.6 Å². The minimum absolute atomic E-state index is 0.0501. The van der Waals surface area contributed by atoms with Crippen molar-refractivity contribution in [1.29, 1.82) is 0 Å². The van der Waals surface area contributed by atoms with Crippen LogP contribution in [0.1, 0.15) is 30.6 Å². The third-order valence-corrected chi connectivity index (χ3v) is 4.36. The van der Waals surface area contributed by atoms with Crippen LogP contribution in [-0.2, 0) is 0 Å². The highest BCUT2D eigenvalue weighted by Crippen LogP contribution is 2.21. The zero-order valence-electron chi connectivity index (χ0n) is 13.2. The Hall–Kier alpha value is -1.99. The summed E-state index contributed by atoms with van der Waals surface area (Å²) in [5.74, 6) is -3.53. The van der Waals surface area contributed by atoms with Gasteiger partial charge in [0.2, 0.25) is 0 Å². The Kier molecular flexibility index (Phi) is 6.28. The van der Waals surface area contributed by atoms with Gasteiger partial charge in [0.05, 0.1) is 5.56 Å². The summed E-state index contributed by atoms with van der Waals surface area (Å²) in [4.78, 5) is 12.9. The SMILES string of the molecule is CCC(C)NSc1ccc(F)c(C(=O)Nc2ccc(F)c(F)c2)c1. The molecule has 1 atom stereocenters. The van der Waals surface area contributed by atoms with Crippen LogP contribution in [0.4, 0.5) is 18.9 Å². The van der Waals surface area contributed by atoms with Gasteiger partial charge in [0.25, 0.3) is 5.91 Å². The summed E-state index contributed by atoms with van der Waals surface area (Å²) in [5, 5.41) is 2.36. The van der Waals surface area contributed by atoms with E-state index >= 15 is 0 Å². The van der Waals surface area contributed by atoms with Crippen LogP contribution in [0.25, 0.3) is 0 Å². The van der Waals surface area contributed by atoms with E-state index in [4.69, 9.17) is 0 Å². The fraction of sp³-hybridized carbons (Fsp3) is 0.235. The molecular formula is C17H17F3N2OS. The van der Waals surface area contributed by atoms with Gasteiger partial charge < -0.3 is 5.32 Å². The molecule has 3 nitrogen and oxygen atoms in total. The van der Waals surface area contributed by atoms with Gasteiger partial charge in [0, 0.05) is 22.7 Å². The molecule has 0 heterocycles. The zero-order chi connectivity index (χ0) is 17.7. The fourth-order valence-electron chi connectivity index (χ4n) is 1.77. The zero-order valence-corrected chi connectivity index (χ0v) is 14.0. The second-order valence-corrected chi connectivity index (χ2v) is 6.17. The quantitative estimate of drug-likeness (QED) is 0.736. The molecule has 0 saturated carbocycles. The number of hydrogen-bond acceptors (Lipinski definition) is 3. The van der Waals surface area contributed by atoms with E-state index in [1.165, 1.54) is 30.1 Å². The van der Waals surface area contributed by atoms with Gasteiger partial charge in [-0.05, 0) is 55.6 Å². The molecule has 0 fully saturated rings. The third kappa shape index (κ3) is 4.75. The standard InChI is InChI=1S/C17H17F3N2OS/c1-3-10(2)22-24-12-5-7-14(18)13(9-12)17(23)21-11-4-6-15(19)16(20)8-11/h4-10,22H,3H2,1-2H3,(H,21,23). The van der Waals surface area contributed by atoms with Crippen LogP contribution >= 0.6 is 11.9 Å². The number of carbonyl (C=O) groups is 1. The number of rotatable bonds is 6. The van der Waals surface area contributed by atoms with Gasteiger partial charge in [-0.3, -0.25) is 9.52 Å². The summed E-state index contributed by atoms with van der Waals surface area (Å²) in [6.07, 6.45) is 0.928. The Bertz CT molecular complexity index is 740. The molecule has 0 aliphatic rings. The first-order chi connectivity index (χ1) is 11.4. The minimum Gasteiger partial charge on any atom is -0.322 e. The van der Waals surface area contributed by atoms with Crippen LogP contribution in [0.2, 0.25) is 0 Å². The largest absolute Gasteiger partial charge is 0.322 e. The average Bonchev–Trinajstić information content (AvgIpc) is 2.57. The Balaban J connectivity index is 2.14. The van der Waals surface area contributed by atoms with E-state index < -0.39 is 23.4 Å². The van der Waals surface area contributed by atoms with Crippen LogP contribution in [0.5, 0.6) is 0 Å². The van der Waals surface area contributed by atoms with E-state index in [1.54, 1.807) is 6.07 Å². The summed E-state index contributed by atoms with van der Waals surface area (Å²) in [6.45, 7) is 4.04. The summed E-state index contributed by atoms with van der Waals surface area (Å²) in [7, 11) is 0. The van der Waals surface area contributed by atoms with Gasteiger partial charge in [-0.25, -0.2) is 13.2 Å². The smallest absolute Gasteiger partial charge is 0.258 e. The molecule has 0 saturated heterocycles. The summed E-state index contributed by atoms with van der Waals surface area (Å²) in [5.41, 5.74) is -0.121. The predicted octanol–water partition coefficient (Wildman–Crippen LogP) is 4.75. The summed E-state index contributed by atoms with van der Waals surface area (Å²) in [6, 6.07) is 7.36. The van der Waals surface area contributed by atoms with Crippen LogP contribution in [0, 0.1) is 17.5 Å². The van der Waals surface area contributed by atoms with Gasteiger partial charge >= 0.3 is 0 Å². The molecule has 1 amide bonds. The second kappa shape index (κ2) is 8.21. The minimum atomic E-state index is -1.09. The maximum absolute atomic E-state index is 13.9. The predicted molar refractivity (Wildman–Crippen MR) is 89.5 cm³/mol. The van der Waals surface area contributed by atoms with Gasteiger partial charge in [-0.2, -0.15) is 0 Å². The number of anilines is 1. The van der Waals surface area contributed by atoms with Crippen molar-refractivity contribution in [2.24, 2.45) is 0 Å². The van der Waals surface area contributed by atoms with Crippen molar-refractivity contribution in [2.75, 3.05) is 5.32 Å². The third-order valence-electron chi connectivity index (χ3n) is 3.35. The van der Waals surface area contributed by atoms with Crippen molar-refractivity contribution in [1.82, 2.24) is 4.72 Å². The first kappa shape index (κ1) is 18.4. The van der Waals surface area contributed by atoms with Crippen molar-refractivity contribution >= 4 is 23.5 Å². The van der Waals surface area contributed by atoms with Gasteiger partial charge in [-0.1, -0.05) is 6.92 Å². The van der Waals surface area contributed by atoms with E-state index in [0.29, 0.717) is 4.90 Å². The molecule has 0 radical (unpaired) electrons. The number of benzene rings is 2. The average molecular weight is 354 g/mol. The number of carbonyl (C=O) groups excluding carboxylic acids is 1. The molecule has 0 spiro atoms. The highest BCUT2D eigenvalue weighted by atomic mass is 32.2. The van der Waals surface area contributed by atoms with E-state index in [9.17, 15) is 18.0 Å². The van der Waals surface area contributed by atoms with E-state index in [1.807, 2.05) is 13.8 Å². The summed E-state index contributed by atoms with van der Waals surface area (Å²) >= 11 is 1.30.